The number of urea groups is 1. The van der Waals surface area contributed by atoms with Crippen LogP contribution in [0.25, 0.3) is 0 Å². The van der Waals surface area contributed by atoms with E-state index in [-0.39, 0.29) is 12.1 Å². The smallest absolute Gasteiger partial charge is 0.317 e. The highest BCUT2D eigenvalue weighted by molar-refractivity contribution is 5.73. The fraction of sp³-hybridized carbons (Fsp3) is 0.364. The van der Waals surface area contributed by atoms with E-state index >= 15 is 0 Å². The molecule has 0 heterocycles. The Labute approximate surface area is 84.7 Å². The van der Waals surface area contributed by atoms with Crippen molar-refractivity contribution in [2.24, 2.45) is 0 Å². The molecule has 1 N–H and O–H groups in total. The van der Waals surface area contributed by atoms with Crippen molar-refractivity contribution >= 4 is 6.03 Å². The van der Waals surface area contributed by atoms with Crippen LogP contribution in [-0.2, 0) is 0 Å². The molecule has 0 spiro atoms. The number of carbonyl (C=O) groups is 1. The summed E-state index contributed by atoms with van der Waals surface area (Å²) in [6.45, 7) is 1.97. The molecule has 0 fully saturated rings. The van der Waals surface area contributed by atoms with Crippen molar-refractivity contribution in [2.75, 3.05) is 14.1 Å². The van der Waals surface area contributed by atoms with Crippen LogP contribution in [-0.4, -0.2) is 25.0 Å². The molecule has 76 valence electrons. The van der Waals surface area contributed by atoms with Crippen molar-refractivity contribution in [3.05, 3.63) is 35.9 Å². The number of rotatable bonds is 2. The van der Waals surface area contributed by atoms with Gasteiger partial charge in [0.1, 0.15) is 0 Å². The average Bonchev–Trinajstić information content (AvgIpc) is 2.19. The number of hydrogen-bond donors (Lipinski definition) is 1. The molecule has 0 aromatic heterocycles. The molecule has 0 saturated carbocycles. The molecule has 14 heavy (non-hydrogen) atoms. The van der Waals surface area contributed by atoms with Crippen LogP contribution in [0.5, 0.6) is 0 Å². The van der Waals surface area contributed by atoms with E-state index < -0.39 is 0 Å². The van der Waals surface area contributed by atoms with E-state index in [0.717, 1.165) is 5.56 Å². The zero-order chi connectivity index (χ0) is 10.6. The Morgan fingerprint density at radius 2 is 1.86 bits per heavy atom. The van der Waals surface area contributed by atoms with Crippen LogP contribution in [0.1, 0.15) is 18.5 Å². The largest absolute Gasteiger partial charge is 0.331 e. The molecule has 1 rings (SSSR count). The predicted molar refractivity (Wildman–Crippen MR) is 57.1 cm³/mol. The first kappa shape index (κ1) is 10.6. The summed E-state index contributed by atoms with van der Waals surface area (Å²) in [6, 6.07) is 9.87. The summed E-state index contributed by atoms with van der Waals surface area (Å²) in [4.78, 5) is 12.9. The molecule has 3 nitrogen and oxygen atoms in total. The van der Waals surface area contributed by atoms with Gasteiger partial charge < -0.3 is 10.2 Å². The van der Waals surface area contributed by atoms with Gasteiger partial charge in [-0.1, -0.05) is 30.3 Å². The summed E-state index contributed by atoms with van der Waals surface area (Å²) in [5.74, 6) is 0. The van der Waals surface area contributed by atoms with Gasteiger partial charge in [-0.3, -0.25) is 0 Å². The summed E-state index contributed by atoms with van der Waals surface area (Å²) in [6.07, 6.45) is 0. The van der Waals surface area contributed by atoms with Crippen LogP contribution >= 0.6 is 0 Å². The van der Waals surface area contributed by atoms with Crippen LogP contribution < -0.4 is 5.32 Å². The van der Waals surface area contributed by atoms with Gasteiger partial charge in [0.15, 0.2) is 0 Å². The lowest BCUT2D eigenvalue weighted by atomic mass is 10.1. The van der Waals surface area contributed by atoms with Gasteiger partial charge in [0, 0.05) is 14.1 Å². The van der Waals surface area contributed by atoms with Crippen molar-refractivity contribution in [1.82, 2.24) is 10.2 Å². The molecular weight excluding hydrogens is 176 g/mol. The molecule has 1 unspecified atom stereocenters. The van der Waals surface area contributed by atoms with Crippen molar-refractivity contribution in [2.45, 2.75) is 13.0 Å². The number of nitrogens with one attached hydrogen (secondary N) is 1. The van der Waals surface area contributed by atoms with E-state index in [4.69, 9.17) is 0 Å². The van der Waals surface area contributed by atoms with Gasteiger partial charge in [-0.2, -0.15) is 0 Å². The van der Waals surface area contributed by atoms with Crippen LogP contribution in [0.4, 0.5) is 4.79 Å². The Morgan fingerprint density at radius 3 is 2.36 bits per heavy atom. The Morgan fingerprint density at radius 1 is 1.29 bits per heavy atom. The molecule has 1 atom stereocenters. The van der Waals surface area contributed by atoms with E-state index in [2.05, 4.69) is 5.32 Å². The summed E-state index contributed by atoms with van der Waals surface area (Å²) in [7, 11) is 3.46. The van der Waals surface area contributed by atoms with Crippen molar-refractivity contribution in [1.29, 1.82) is 0 Å². The molecule has 2 amide bonds. The topological polar surface area (TPSA) is 32.3 Å². The first-order valence-corrected chi connectivity index (χ1v) is 4.64. The second-order valence-corrected chi connectivity index (χ2v) is 3.48. The first-order valence-electron chi connectivity index (χ1n) is 4.64. The van der Waals surface area contributed by atoms with Gasteiger partial charge in [0.05, 0.1) is 6.04 Å². The maximum Gasteiger partial charge on any atom is 0.317 e. The quantitative estimate of drug-likeness (QED) is 0.764. The third-order valence-corrected chi connectivity index (χ3v) is 2.05. The van der Waals surface area contributed by atoms with E-state index in [9.17, 15) is 4.79 Å². The normalized spacial score (nSPS) is 11.9. The lowest BCUT2D eigenvalue weighted by Gasteiger charge is -2.17. The molecule has 0 aliphatic carbocycles. The lowest BCUT2D eigenvalue weighted by molar-refractivity contribution is 0.214. The zero-order valence-electron chi connectivity index (χ0n) is 8.82. The zero-order valence-corrected chi connectivity index (χ0v) is 8.82. The summed E-state index contributed by atoms with van der Waals surface area (Å²) < 4.78 is 0. The molecule has 0 radical (unpaired) electrons. The van der Waals surface area contributed by atoms with Gasteiger partial charge in [0.25, 0.3) is 0 Å². The third-order valence-electron chi connectivity index (χ3n) is 2.05. The summed E-state index contributed by atoms with van der Waals surface area (Å²) in [5.41, 5.74) is 1.11. The van der Waals surface area contributed by atoms with Gasteiger partial charge in [-0.05, 0) is 12.5 Å². The number of carbonyl (C=O) groups excluding carboxylic acids is 1. The van der Waals surface area contributed by atoms with E-state index in [0.29, 0.717) is 0 Å². The van der Waals surface area contributed by atoms with Crippen LogP contribution in [0.2, 0.25) is 0 Å². The Hall–Kier alpha value is -1.51. The molecule has 3 heteroatoms. The fourth-order valence-electron chi connectivity index (χ4n) is 1.14. The Kier molecular flexibility index (Phi) is 3.51. The minimum Gasteiger partial charge on any atom is -0.331 e. The highest BCUT2D eigenvalue weighted by Gasteiger charge is 2.09. The van der Waals surface area contributed by atoms with Crippen LogP contribution in [0.15, 0.2) is 30.3 Å². The number of nitrogens with zero attached hydrogens (tertiary/aromatic N) is 1. The minimum absolute atomic E-state index is 0.0473. The van der Waals surface area contributed by atoms with Gasteiger partial charge in [0.2, 0.25) is 0 Å². The van der Waals surface area contributed by atoms with E-state index in [1.807, 2.05) is 37.3 Å². The number of benzene rings is 1. The summed E-state index contributed by atoms with van der Waals surface area (Å²) >= 11 is 0. The Bertz CT molecular complexity index is 295. The molecule has 1 aromatic rings. The SMILES string of the molecule is CC(NC(=O)N(C)C)c1ccccc1. The standard InChI is InChI=1S/C11H16N2O/c1-9(12-11(14)13(2)3)10-7-5-4-6-8-10/h4-9H,1-3H3,(H,12,14). The predicted octanol–water partition coefficient (Wildman–Crippen LogP) is 2.02. The summed E-state index contributed by atoms with van der Waals surface area (Å²) in [5, 5.41) is 2.88. The molecular formula is C11H16N2O. The van der Waals surface area contributed by atoms with Gasteiger partial charge >= 0.3 is 6.03 Å². The Balaban J connectivity index is 2.59. The third kappa shape index (κ3) is 2.76. The van der Waals surface area contributed by atoms with E-state index in [1.54, 1.807) is 14.1 Å². The molecule has 0 bridgehead atoms. The first-order chi connectivity index (χ1) is 6.61. The van der Waals surface area contributed by atoms with E-state index in [1.165, 1.54) is 4.90 Å². The monoisotopic (exact) mass is 192 g/mol. The fourth-order valence-corrected chi connectivity index (χ4v) is 1.14. The second kappa shape index (κ2) is 4.65. The number of hydrogen-bond acceptors (Lipinski definition) is 1. The maximum absolute atomic E-state index is 11.3. The highest BCUT2D eigenvalue weighted by Crippen LogP contribution is 2.10. The molecule has 0 saturated heterocycles. The molecule has 1 aromatic carbocycles. The minimum atomic E-state index is -0.0682. The molecule has 0 aliphatic rings. The van der Waals surface area contributed by atoms with Gasteiger partial charge in [-0.15, -0.1) is 0 Å². The molecule has 0 aliphatic heterocycles. The van der Waals surface area contributed by atoms with Crippen LogP contribution in [0, 0.1) is 0 Å². The average molecular weight is 192 g/mol. The highest BCUT2D eigenvalue weighted by atomic mass is 16.2. The van der Waals surface area contributed by atoms with Crippen molar-refractivity contribution in [3.63, 3.8) is 0 Å². The maximum atomic E-state index is 11.3. The van der Waals surface area contributed by atoms with Gasteiger partial charge in [-0.25, -0.2) is 4.79 Å². The van der Waals surface area contributed by atoms with Crippen LogP contribution in [0.3, 0.4) is 0 Å². The lowest BCUT2D eigenvalue weighted by Crippen LogP contribution is -2.36. The number of amides is 2. The second-order valence-electron chi connectivity index (χ2n) is 3.48. The van der Waals surface area contributed by atoms with Crippen molar-refractivity contribution in [3.8, 4) is 0 Å². The van der Waals surface area contributed by atoms with Crippen molar-refractivity contribution < 1.29 is 4.79 Å².